The average Bonchev–Trinajstić information content (AvgIpc) is 2.76. The second kappa shape index (κ2) is 4.60. The molecule has 21 heavy (non-hydrogen) atoms. The Hall–Kier alpha value is -0.292. The molecule has 0 aromatic carbocycles. The van der Waals surface area contributed by atoms with E-state index in [1.165, 1.54) is 31.3 Å². The van der Waals surface area contributed by atoms with Gasteiger partial charge in [0.2, 0.25) is 0 Å². The molecule has 5 atom stereocenters. The van der Waals surface area contributed by atoms with E-state index in [-0.39, 0.29) is 5.41 Å². The van der Waals surface area contributed by atoms with Crippen molar-refractivity contribution in [2.24, 2.45) is 28.6 Å². The molecule has 0 bridgehead atoms. The molecule has 112 valence electrons. The number of fused-ring (bicyclic) bond motifs is 5. The van der Waals surface area contributed by atoms with Crippen LogP contribution in [0.1, 0.15) is 52.4 Å². The number of rotatable bonds is 0. The third-order valence-electron chi connectivity index (χ3n) is 7.22. The molecule has 1 nitrogen and oxygen atoms in total. The van der Waals surface area contributed by atoms with Crippen molar-refractivity contribution in [1.82, 2.24) is 0 Å². The standard InChI is InChI=1S/C19H24O.W/c1-18-9-3-4-16(18)15-6-5-13-12-14(20)7-11-19(13,2)17(15)8-10-18;/h5-6,12,15-17H,3-4,7-8,10-11H2,1-2H3;. The first-order chi connectivity index (χ1) is 9.95. The van der Waals surface area contributed by atoms with E-state index in [0.29, 0.717) is 11.2 Å². The number of hydrogen-bond donors (Lipinski definition) is 0. The number of allylic oxidation sites excluding steroid dienone is 4. The second-order valence-electron chi connectivity index (χ2n) is 8.05. The van der Waals surface area contributed by atoms with Crippen LogP contribution in [-0.4, -0.2) is 9.68 Å². The third-order valence-corrected chi connectivity index (χ3v) is 9.63. The van der Waals surface area contributed by atoms with Crippen LogP contribution in [0.15, 0.2) is 23.8 Å². The fraction of sp³-hybridized carbons (Fsp3) is 0.684. The van der Waals surface area contributed by atoms with Crippen molar-refractivity contribution in [2.45, 2.75) is 52.4 Å². The molecule has 0 N–H and O–H groups in total. The molecule has 5 unspecified atom stereocenters. The van der Waals surface area contributed by atoms with E-state index in [9.17, 15) is 4.79 Å². The quantitative estimate of drug-likeness (QED) is 0.543. The van der Waals surface area contributed by atoms with Crippen molar-refractivity contribution < 1.29 is 24.1 Å². The van der Waals surface area contributed by atoms with Gasteiger partial charge in [-0.25, -0.2) is 0 Å². The average molecular weight is 452 g/mol. The molecular formula is C19H24OW. The fourth-order valence-electron chi connectivity index (χ4n) is 5.77. The Balaban J connectivity index is 1.77. The predicted octanol–water partition coefficient (Wildman–Crippen LogP) is 4.01. The molecule has 2 heteroatoms. The maximum absolute atomic E-state index is 11.8. The number of hydrogen-bond acceptors (Lipinski definition) is 1. The Morgan fingerprint density at radius 2 is 1.86 bits per heavy atom. The number of carbonyl (C=O) groups is 1. The van der Waals surface area contributed by atoms with Gasteiger partial charge in [0.05, 0.1) is 0 Å². The molecule has 0 radical (unpaired) electrons. The van der Waals surface area contributed by atoms with Crippen molar-refractivity contribution >= 4 is 9.68 Å². The van der Waals surface area contributed by atoms with Crippen LogP contribution in [0.5, 0.6) is 0 Å². The summed E-state index contributed by atoms with van der Waals surface area (Å²) in [6.07, 6.45) is 14.1. The zero-order valence-corrected chi connectivity index (χ0v) is 16.0. The van der Waals surface area contributed by atoms with Crippen LogP contribution in [0.3, 0.4) is 0 Å². The van der Waals surface area contributed by atoms with E-state index < -0.39 is 0 Å². The minimum absolute atomic E-state index is 0.262. The molecule has 0 saturated heterocycles. The number of carbonyl (C=O) groups excluding carboxylic acids is 1. The van der Waals surface area contributed by atoms with Gasteiger partial charge in [-0.1, -0.05) is 0 Å². The van der Waals surface area contributed by atoms with Crippen LogP contribution < -0.4 is 0 Å². The normalized spacial score (nSPS) is 48.5. The molecule has 4 aliphatic rings. The minimum atomic E-state index is 0.262. The monoisotopic (exact) mass is 452 g/mol. The summed E-state index contributed by atoms with van der Waals surface area (Å²) in [4.78, 5) is 11.8. The Morgan fingerprint density at radius 3 is 2.67 bits per heavy atom. The molecule has 0 aromatic rings. The number of ketones is 1. The van der Waals surface area contributed by atoms with E-state index >= 15 is 0 Å². The van der Waals surface area contributed by atoms with Gasteiger partial charge in [0.1, 0.15) is 0 Å². The molecule has 0 heterocycles. The zero-order valence-electron chi connectivity index (χ0n) is 13.0. The Morgan fingerprint density at radius 1 is 1.10 bits per heavy atom. The van der Waals surface area contributed by atoms with Crippen LogP contribution in [-0.2, 0) is 24.1 Å². The van der Waals surface area contributed by atoms with E-state index in [1.54, 1.807) is 19.4 Å². The summed E-state index contributed by atoms with van der Waals surface area (Å²) in [5.41, 5.74) is 2.11. The van der Waals surface area contributed by atoms with Crippen molar-refractivity contribution in [3.05, 3.63) is 23.8 Å². The van der Waals surface area contributed by atoms with Crippen molar-refractivity contribution in [3.8, 4) is 0 Å². The van der Waals surface area contributed by atoms with Crippen molar-refractivity contribution in [1.29, 1.82) is 0 Å². The van der Waals surface area contributed by atoms with Crippen molar-refractivity contribution in [2.75, 3.05) is 0 Å². The summed E-state index contributed by atoms with van der Waals surface area (Å²) in [7, 11) is 0. The van der Waals surface area contributed by atoms with Gasteiger partial charge in [0, 0.05) is 0 Å². The first-order valence-electron chi connectivity index (χ1n) is 8.42. The van der Waals surface area contributed by atoms with E-state index in [0.717, 1.165) is 30.6 Å². The van der Waals surface area contributed by atoms with Gasteiger partial charge in [0.25, 0.3) is 0 Å². The summed E-state index contributed by atoms with van der Waals surface area (Å²) in [5.74, 6) is 2.70. The van der Waals surface area contributed by atoms with Crippen LogP contribution in [0, 0.1) is 28.6 Å². The van der Waals surface area contributed by atoms with E-state index in [2.05, 4.69) is 26.0 Å². The van der Waals surface area contributed by atoms with Gasteiger partial charge in [-0.05, 0) is 0 Å². The first kappa shape index (κ1) is 14.3. The zero-order chi connectivity index (χ0) is 14.8. The van der Waals surface area contributed by atoms with Crippen LogP contribution in [0.25, 0.3) is 0 Å². The van der Waals surface area contributed by atoms with Gasteiger partial charge >= 0.3 is 139 Å². The molecule has 2 fully saturated rings. The third kappa shape index (κ3) is 1.86. The summed E-state index contributed by atoms with van der Waals surface area (Å²) in [6, 6.07) is 0. The predicted molar refractivity (Wildman–Crippen MR) is 81.6 cm³/mol. The van der Waals surface area contributed by atoms with E-state index in [1.807, 2.05) is 9.97 Å². The SMILES string of the molecule is CC12CCC3C(C=CC4=CC(=O)CCC43C)C1CC[C]2=[W]. The van der Waals surface area contributed by atoms with Gasteiger partial charge in [-0.3, -0.25) is 0 Å². The summed E-state index contributed by atoms with van der Waals surface area (Å²) in [5, 5.41) is 0. The van der Waals surface area contributed by atoms with Crippen LogP contribution in [0.2, 0.25) is 0 Å². The van der Waals surface area contributed by atoms with Crippen molar-refractivity contribution in [3.63, 3.8) is 0 Å². The molecular weight excluding hydrogens is 428 g/mol. The Kier molecular flexibility index (Phi) is 3.14. The first-order valence-corrected chi connectivity index (χ1v) is 9.88. The van der Waals surface area contributed by atoms with Crippen LogP contribution >= 0.6 is 0 Å². The molecule has 0 aliphatic heterocycles. The van der Waals surface area contributed by atoms with E-state index in [4.69, 9.17) is 0 Å². The Bertz CT molecular complexity index is 586. The molecule has 4 aliphatic carbocycles. The molecule has 0 amide bonds. The van der Waals surface area contributed by atoms with Gasteiger partial charge in [-0.15, -0.1) is 0 Å². The van der Waals surface area contributed by atoms with Gasteiger partial charge in [0.15, 0.2) is 0 Å². The summed E-state index contributed by atoms with van der Waals surface area (Å²) >= 11 is 1.73. The molecule has 4 rings (SSSR count). The molecule has 2 saturated carbocycles. The topological polar surface area (TPSA) is 17.1 Å². The molecule has 0 aromatic heterocycles. The van der Waals surface area contributed by atoms with Crippen LogP contribution in [0.4, 0.5) is 0 Å². The summed E-state index contributed by atoms with van der Waals surface area (Å²) < 4.78 is 1.82. The van der Waals surface area contributed by atoms with Gasteiger partial charge in [-0.2, -0.15) is 0 Å². The van der Waals surface area contributed by atoms with Gasteiger partial charge < -0.3 is 0 Å². The maximum atomic E-state index is 11.8. The Labute approximate surface area is 138 Å². The molecule has 0 spiro atoms. The fourth-order valence-corrected chi connectivity index (χ4v) is 7.10. The second-order valence-corrected chi connectivity index (χ2v) is 9.82. The summed E-state index contributed by atoms with van der Waals surface area (Å²) in [6.45, 7) is 4.97.